The summed E-state index contributed by atoms with van der Waals surface area (Å²) in [7, 11) is 3.21. The zero-order chi connectivity index (χ0) is 21.6. The Morgan fingerprint density at radius 3 is 2.60 bits per heavy atom. The Kier molecular flexibility index (Phi) is 4.87. The quantitative estimate of drug-likeness (QED) is 0.503. The highest BCUT2D eigenvalue weighted by atomic mass is 35.5. The van der Waals surface area contributed by atoms with Gasteiger partial charge in [-0.1, -0.05) is 11.6 Å². The highest BCUT2D eigenvalue weighted by Crippen LogP contribution is 2.39. The van der Waals surface area contributed by atoms with E-state index in [1.54, 1.807) is 20.2 Å². The number of rotatable bonds is 3. The van der Waals surface area contributed by atoms with E-state index in [2.05, 4.69) is 15.0 Å². The number of hydrogen-bond donors (Lipinski definition) is 2. The lowest BCUT2D eigenvalue weighted by Gasteiger charge is -2.13. The summed E-state index contributed by atoms with van der Waals surface area (Å²) in [5.74, 6) is -1.38. The Morgan fingerprint density at radius 2 is 1.87 bits per heavy atom. The number of nitrogens with zero attached hydrogens (tertiary/aromatic N) is 3. The molecule has 1 aromatic carbocycles. The summed E-state index contributed by atoms with van der Waals surface area (Å²) in [6, 6.07) is 4.77. The lowest BCUT2D eigenvalue weighted by atomic mass is 10.0. The lowest BCUT2D eigenvalue weighted by Crippen LogP contribution is -2.23. The number of amides is 1. The molecule has 9 heteroatoms. The smallest absolute Gasteiger partial charge is 0.257 e. The average molecular weight is 428 g/mol. The van der Waals surface area contributed by atoms with Gasteiger partial charge in [-0.15, -0.1) is 0 Å². The minimum atomic E-state index is -0.591. The molecule has 0 saturated heterocycles. The number of fused-ring (bicyclic) bond motifs is 1. The number of hydrogen-bond acceptors (Lipinski definition) is 4. The normalized spacial score (nSPS) is 11.1. The van der Waals surface area contributed by atoms with Gasteiger partial charge in [0.2, 0.25) is 0 Å². The van der Waals surface area contributed by atoms with Crippen molar-refractivity contribution in [2.75, 3.05) is 19.8 Å². The van der Waals surface area contributed by atoms with Crippen LogP contribution in [0.4, 0.5) is 14.6 Å². The number of pyridine rings is 2. The van der Waals surface area contributed by atoms with Crippen molar-refractivity contribution in [1.82, 2.24) is 19.9 Å². The zero-order valence-electron chi connectivity index (χ0n) is 16.0. The minimum Gasteiger partial charge on any atom is -0.383 e. The zero-order valence-corrected chi connectivity index (χ0v) is 16.8. The highest BCUT2D eigenvalue weighted by molar-refractivity contribution is 6.39. The second-order valence-electron chi connectivity index (χ2n) is 6.89. The van der Waals surface area contributed by atoms with E-state index in [9.17, 15) is 13.6 Å². The van der Waals surface area contributed by atoms with Crippen molar-refractivity contribution in [1.29, 1.82) is 0 Å². The molecule has 3 aromatic heterocycles. The molecule has 0 atom stereocenters. The molecule has 4 aromatic rings. The topological polar surface area (TPSA) is 87.9 Å². The molecule has 3 heterocycles. The summed E-state index contributed by atoms with van der Waals surface area (Å²) in [5, 5.41) is 0.686. The predicted octanol–water partition coefficient (Wildman–Crippen LogP) is 4.51. The third-order valence-corrected chi connectivity index (χ3v) is 5.12. The first-order valence-electron chi connectivity index (χ1n) is 8.86. The van der Waals surface area contributed by atoms with Crippen LogP contribution in [-0.4, -0.2) is 39.9 Å². The molecule has 0 fully saturated rings. The molecular formula is C21H16ClF2N5O. The van der Waals surface area contributed by atoms with Gasteiger partial charge >= 0.3 is 0 Å². The number of nitrogens with two attached hydrogens (primary N) is 1. The van der Waals surface area contributed by atoms with E-state index >= 15 is 0 Å². The first-order chi connectivity index (χ1) is 14.3. The van der Waals surface area contributed by atoms with Gasteiger partial charge in [-0.05, 0) is 24.3 Å². The van der Waals surface area contributed by atoms with Crippen molar-refractivity contribution in [3.8, 4) is 22.3 Å². The maximum Gasteiger partial charge on any atom is 0.257 e. The summed E-state index contributed by atoms with van der Waals surface area (Å²) < 4.78 is 28.1. The number of aromatic amines is 1. The maximum absolute atomic E-state index is 14.4. The number of anilines is 1. The molecule has 0 radical (unpaired) electrons. The van der Waals surface area contributed by atoms with E-state index in [-0.39, 0.29) is 27.9 Å². The molecule has 0 spiro atoms. The molecule has 4 rings (SSSR count). The van der Waals surface area contributed by atoms with E-state index in [0.29, 0.717) is 27.7 Å². The SMILES string of the molecule is CN(C)C(=O)c1cc(-c2cnc3[nH]cc(-c4cc(F)ccc4F)c3c2Cl)cnc1N. The first kappa shape index (κ1) is 19.8. The Labute approximate surface area is 175 Å². The van der Waals surface area contributed by atoms with Gasteiger partial charge in [-0.3, -0.25) is 4.79 Å². The van der Waals surface area contributed by atoms with Crippen LogP contribution in [0, 0.1) is 11.6 Å². The maximum atomic E-state index is 14.4. The molecule has 30 heavy (non-hydrogen) atoms. The second kappa shape index (κ2) is 7.38. The number of nitrogen functional groups attached to an aromatic ring is 1. The van der Waals surface area contributed by atoms with Crippen LogP contribution in [0.15, 0.2) is 42.9 Å². The van der Waals surface area contributed by atoms with Crippen LogP contribution in [0.25, 0.3) is 33.3 Å². The molecule has 3 N–H and O–H groups in total. The van der Waals surface area contributed by atoms with E-state index in [1.165, 1.54) is 23.5 Å². The van der Waals surface area contributed by atoms with Crippen molar-refractivity contribution in [2.45, 2.75) is 0 Å². The van der Waals surface area contributed by atoms with E-state index in [1.807, 2.05) is 0 Å². The van der Waals surface area contributed by atoms with E-state index in [4.69, 9.17) is 17.3 Å². The van der Waals surface area contributed by atoms with Crippen LogP contribution in [-0.2, 0) is 0 Å². The van der Waals surface area contributed by atoms with Gasteiger partial charge in [-0.25, -0.2) is 18.7 Å². The fraction of sp³-hybridized carbons (Fsp3) is 0.0952. The average Bonchev–Trinajstić information content (AvgIpc) is 3.15. The minimum absolute atomic E-state index is 0.0565. The third-order valence-electron chi connectivity index (χ3n) is 4.72. The second-order valence-corrected chi connectivity index (χ2v) is 7.27. The van der Waals surface area contributed by atoms with Gasteiger partial charge in [-0.2, -0.15) is 0 Å². The fourth-order valence-corrected chi connectivity index (χ4v) is 3.56. The predicted molar refractivity (Wildman–Crippen MR) is 112 cm³/mol. The number of benzene rings is 1. The van der Waals surface area contributed by atoms with Crippen LogP contribution in [0.1, 0.15) is 10.4 Å². The third kappa shape index (κ3) is 3.25. The molecule has 0 saturated carbocycles. The monoisotopic (exact) mass is 427 g/mol. The molecule has 6 nitrogen and oxygen atoms in total. The summed E-state index contributed by atoms with van der Waals surface area (Å²) in [4.78, 5) is 25.1. The van der Waals surface area contributed by atoms with Crippen LogP contribution < -0.4 is 5.73 Å². The Bertz CT molecular complexity index is 1300. The van der Waals surface area contributed by atoms with Crippen LogP contribution >= 0.6 is 11.6 Å². The molecule has 0 aliphatic carbocycles. The first-order valence-corrected chi connectivity index (χ1v) is 9.24. The number of aromatic nitrogens is 3. The molecule has 0 bridgehead atoms. The van der Waals surface area contributed by atoms with Crippen molar-refractivity contribution in [3.05, 3.63) is 65.1 Å². The Hall–Kier alpha value is -3.52. The summed E-state index contributed by atoms with van der Waals surface area (Å²) in [5.41, 5.74) is 7.91. The highest BCUT2D eigenvalue weighted by Gasteiger charge is 2.20. The molecule has 0 aliphatic heterocycles. The lowest BCUT2D eigenvalue weighted by molar-refractivity contribution is 0.0828. The van der Waals surface area contributed by atoms with Gasteiger partial charge in [0.15, 0.2) is 0 Å². The number of H-pyrrole nitrogens is 1. The standard InChI is InChI=1S/C21H16ClF2N5O/c1-29(2)21(30)13-5-10(7-26-19(13)25)14-8-27-20-17(18(14)22)15(9-28-20)12-6-11(23)3-4-16(12)24/h3-9H,1-2H3,(H2,25,26)(H,27,28). The summed E-state index contributed by atoms with van der Waals surface area (Å²) in [6.45, 7) is 0. The van der Waals surface area contributed by atoms with Gasteiger partial charge in [0.05, 0.1) is 10.6 Å². The van der Waals surface area contributed by atoms with E-state index < -0.39 is 11.6 Å². The Balaban J connectivity index is 1.93. The number of halogens is 3. The Morgan fingerprint density at radius 1 is 1.10 bits per heavy atom. The van der Waals surface area contributed by atoms with Crippen molar-refractivity contribution in [3.63, 3.8) is 0 Å². The van der Waals surface area contributed by atoms with Crippen molar-refractivity contribution in [2.24, 2.45) is 0 Å². The molecule has 0 unspecified atom stereocenters. The number of nitrogens with one attached hydrogen (secondary N) is 1. The number of carbonyl (C=O) groups is 1. The van der Waals surface area contributed by atoms with Crippen LogP contribution in [0.5, 0.6) is 0 Å². The van der Waals surface area contributed by atoms with Gasteiger partial charge < -0.3 is 15.6 Å². The summed E-state index contributed by atoms with van der Waals surface area (Å²) in [6.07, 6.45) is 4.52. The van der Waals surface area contributed by atoms with Crippen molar-refractivity contribution < 1.29 is 13.6 Å². The van der Waals surface area contributed by atoms with E-state index in [0.717, 1.165) is 18.2 Å². The largest absolute Gasteiger partial charge is 0.383 e. The fourth-order valence-electron chi connectivity index (χ4n) is 3.21. The van der Waals surface area contributed by atoms with Crippen LogP contribution in [0.2, 0.25) is 5.02 Å². The van der Waals surface area contributed by atoms with Gasteiger partial charge in [0.1, 0.15) is 23.1 Å². The summed E-state index contributed by atoms with van der Waals surface area (Å²) >= 11 is 6.67. The van der Waals surface area contributed by atoms with Gasteiger partial charge in [0, 0.05) is 60.3 Å². The molecule has 1 amide bonds. The van der Waals surface area contributed by atoms with Crippen molar-refractivity contribution >= 4 is 34.4 Å². The number of carbonyl (C=O) groups excluding carboxylic acids is 1. The van der Waals surface area contributed by atoms with Gasteiger partial charge in [0.25, 0.3) is 5.91 Å². The molecule has 0 aliphatic rings. The molecule has 152 valence electrons. The van der Waals surface area contributed by atoms with Crippen LogP contribution in [0.3, 0.4) is 0 Å². The molecular weight excluding hydrogens is 412 g/mol.